The van der Waals surface area contributed by atoms with Gasteiger partial charge in [0.05, 0.1) is 111 Å². The number of carbonyl (C=O) groups is 1. The fourth-order valence-electron chi connectivity index (χ4n) is 5.63. The second-order valence-corrected chi connectivity index (χ2v) is 14.2. The largest absolute Gasteiger partial charge is 0.449 e. The van der Waals surface area contributed by atoms with Gasteiger partial charge in [0.2, 0.25) is 0 Å². The van der Waals surface area contributed by atoms with E-state index in [4.69, 9.17) is 46.8 Å². The van der Waals surface area contributed by atoms with Crippen LogP contribution in [0.5, 0.6) is 0 Å². The molecule has 14 nitrogen and oxygen atoms in total. The molecule has 0 unspecified atom stereocenters. The molecule has 0 spiro atoms. The lowest BCUT2D eigenvalue weighted by atomic mass is 9.98. The van der Waals surface area contributed by atoms with Crippen molar-refractivity contribution in [2.45, 2.75) is 24.2 Å². The fourth-order valence-corrected chi connectivity index (χ4v) is 6.52. The molecule has 0 saturated heterocycles. The Morgan fingerprint density at radius 3 is 1.38 bits per heavy atom. The Kier molecular flexibility index (Phi) is 22.0. The molecule has 3 aromatic carbocycles. The van der Waals surface area contributed by atoms with Crippen LogP contribution in [0.3, 0.4) is 0 Å². The lowest BCUT2D eigenvalue weighted by Crippen LogP contribution is -2.27. The average molecular weight is 804 g/mol. The predicted octanol–water partition coefficient (Wildman–Crippen LogP) is 4.76. The first-order valence-electron chi connectivity index (χ1n) is 19.1. The Bertz CT molecular complexity index is 1580. The maximum Gasteiger partial charge on any atom is 0.407 e. The van der Waals surface area contributed by atoms with Crippen LogP contribution < -0.4 is 5.32 Å². The van der Waals surface area contributed by atoms with Gasteiger partial charge in [-0.25, -0.2) is 4.79 Å². The SMILES string of the molecule is Cc1ccc(S(=O)(=O)OCCOCCOCCOCCOCCOCCOCCOCCOCCCNC(=O)OCC2c3ccccc3-c3ccccc32)cc1. The lowest BCUT2D eigenvalue weighted by Gasteiger charge is -2.14. The van der Waals surface area contributed by atoms with E-state index in [-0.39, 0.29) is 24.0 Å². The minimum absolute atomic E-state index is 0.0423. The van der Waals surface area contributed by atoms with Crippen LogP contribution in [0.25, 0.3) is 11.1 Å². The number of hydrogen-bond donors (Lipinski definition) is 1. The summed E-state index contributed by atoms with van der Waals surface area (Å²) in [5, 5.41) is 2.80. The normalized spacial score (nSPS) is 12.4. The number of hydrogen-bond acceptors (Lipinski definition) is 13. The van der Waals surface area contributed by atoms with E-state index in [2.05, 4.69) is 29.6 Å². The highest BCUT2D eigenvalue weighted by molar-refractivity contribution is 7.86. The standard InChI is InChI=1S/C41H57NO13S/c1-34-11-13-35(14-12-34)56(44,45)55-32-31-53-30-29-52-28-27-51-26-25-50-24-23-49-22-21-48-20-19-47-18-17-46-16-6-15-42-41(43)54-33-40-38-9-4-2-7-36(38)37-8-3-5-10-39(37)40/h2-5,7-14,40H,6,15-33H2,1H3,(H,42,43). The maximum absolute atomic E-state index is 12.3. The second-order valence-electron chi connectivity index (χ2n) is 12.6. The van der Waals surface area contributed by atoms with Gasteiger partial charge >= 0.3 is 6.09 Å². The maximum atomic E-state index is 12.3. The number of ether oxygens (including phenoxy) is 9. The molecule has 0 bridgehead atoms. The summed E-state index contributed by atoms with van der Waals surface area (Å²) in [6, 6.07) is 23.0. The van der Waals surface area contributed by atoms with Crippen molar-refractivity contribution < 1.29 is 60.0 Å². The Morgan fingerprint density at radius 1 is 0.536 bits per heavy atom. The Labute approximate surface area is 331 Å². The highest BCUT2D eigenvalue weighted by atomic mass is 32.2. The average Bonchev–Trinajstić information content (AvgIpc) is 3.53. The molecule has 0 fully saturated rings. The second kappa shape index (κ2) is 27.2. The van der Waals surface area contributed by atoms with E-state index in [1.54, 1.807) is 12.1 Å². The minimum atomic E-state index is -3.78. The Morgan fingerprint density at radius 2 is 0.929 bits per heavy atom. The molecule has 310 valence electrons. The highest BCUT2D eigenvalue weighted by Crippen LogP contribution is 2.44. The third-order valence-corrected chi connectivity index (χ3v) is 9.78. The first-order valence-corrected chi connectivity index (χ1v) is 20.5. The number of fused-ring (bicyclic) bond motifs is 3. The summed E-state index contributed by atoms with van der Waals surface area (Å²) < 4.78 is 78.6. The van der Waals surface area contributed by atoms with Gasteiger partial charge in [0, 0.05) is 19.1 Å². The molecule has 0 radical (unpaired) electrons. The zero-order valence-electron chi connectivity index (χ0n) is 32.4. The van der Waals surface area contributed by atoms with Crippen molar-refractivity contribution in [3.8, 4) is 11.1 Å². The van der Waals surface area contributed by atoms with Crippen LogP contribution >= 0.6 is 0 Å². The van der Waals surface area contributed by atoms with Gasteiger partial charge in [-0.05, 0) is 47.7 Å². The molecule has 15 heteroatoms. The van der Waals surface area contributed by atoms with Crippen molar-refractivity contribution in [1.29, 1.82) is 0 Å². The number of aryl methyl sites for hydroxylation is 1. The van der Waals surface area contributed by atoms with Gasteiger partial charge in [0.15, 0.2) is 0 Å². The number of rotatable bonds is 32. The first-order chi connectivity index (χ1) is 27.5. The number of alkyl carbamates (subject to hydrolysis) is 1. The third-order valence-electron chi connectivity index (χ3n) is 8.46. The molecular weight excluding hydrogens is 747 g/mol. The van der Waals surface area contributed by atoms with Gasteiger partial charge in [0.1, 0.15) is 6.61 Å². The minimum Gasteiger partial charge on any atom is -0.449 e. The van der Waals surface area contributed by atoms with Crippen LogP contribution in [0.1, 0.15) is 29.0 Å². The van der Waals surface area contributed by atoms with Gasteiger partial charge in [-0.2, -0.15) is 8.42 Å². The van der Waals surface area contributed by atoms with Crippen molar-refractivity contribution in [2.24, 2.45) is 0 Å². The summed E-state index contributed by atoms with van der Waals surface area (Å²) in [5.74, 6) is 0.0423. The monoisotopic (exact) mass is 803 g/mol. The molecule has 0 saturated carbocycles. The van der Waals surface area contributed by atoms with Crippen LogP contribution in [0.2, 0.25) is 0 Å². The van der Waals surface area contributed by atoms with Crippen LogP contribution in [0.15, 0.2) is 77.7 Å². The van der Waals surface area contributed by atoms with E-state index in [1.165, 1.54) is 34.4 Å². The van der Waals surface area contributed by atoms with E-state index in [1.807, 2.05) is 31.2 Å². The van der Waals surface area contributed by atoms with Crippen molar-refractivity contribution in [2.75, 3.05) is 125 Å². The van der Waals surface area contributed by atoms with Crippen LogP contribution in [-0.2, 0) is 56.9 Å². The van der Waals surface area contributed by atoms with Crippen molar-refractivity contribution in [3.63, 3.8) is 0 Å². The van der Waals surface area contributed by atoms with Gasteiger partial charge in [-0.15, -0.1) is 0 Å². The zero-order chi connectivity index (χ0) is 39.5. The summed E-state index contributed by atoms with van der Waals surface area (Å²) in [4.78, 5) is 12.4. The highest BCUT2D eigenvalue weighted by Gasteiger charge is 2.29. The van der Waals surface area contributed by atoms with E-state index in [0.717, 1.165) is 5.56 Å². The molecule has 56 heavy (non-hydrogen) atoms. The Hall–Kier alpha value is -3.48. The number of carbonyl (C=O) groups excluding carboxylic acids is 1. The van der Waals surface area contributed by atoms with E-state index in [9.17, 15) is 13.2 Å². The van der Waals surface area contributed by atoms with Crippen molar-refractivity contribution in [3.05, 3.63) is 89.5 Å². The predicted molar refractivity (Wildman–Crippen MR) is 209 cm³/mol. The topological polar surface area (TPSA) is 156 Å². The quantitative estimate of drug-likeness (QED) is 0.0682. The summed E-state index contributed by atoms with van der Waals surface area (Å²) in [7, 11) is -3.78. The van der Waals surface area contributed by atoms with E-state index in [0.29, 0.717) is 119 Å². The summed E-state index contributed by atoms with van der Waals surface area (Å²) >= 11 is 0. The fraction of sp³-hybridized carbons (Fsp3) is 0.537. The molecule has 1 amide bonds. The third kappa shape index (κ3) is 17.3. The van der Waals surface area contributed by atoms with Gasteiger partial charge in [-0.1, -0.05) is 66.2 Å². The molecule has 1 aliphatic carbocycles. The van der Waals surface area contributed by atoms with Crippen LogP contribution in [0.4, 0.5) is 4.79 Å². The lowest BCUT2D eigenvalue weighted by molar-refractivity contribution is -0.0236. The molecule has 4 rings (SSSR count). The molecule has 0 aromatic heterocycles. The number of benzene rings is 3. The van der Waals surface area contributed by atoms with Crippen molar-refractivity contribution in [1.82, 2.24) is 5.32 Å². The molecule has 3 aromatic rings. The number of nitrogens with one attached hydrogen (secondary N) is 1. The van der Waals surface area contributed by atoms with Crippen LogP contribution in [-0.4, -0.2) is 140 Å². The molecular formula is C41H57NO13S. The van der Waals surface area contributed by atoms with Gasteiger partial charge in [-0.3, -0.25) is 4.18 Å². The first kappa shape index (κ1) is 45.2. The van der Waals surface area contributed by atoms with Gasteiger partial charge in [0.25, 0.3) is 10.1 Å². The van der Waals surface area contributed by atoms with E-state index < -0.39 is 16.2 Å². The molecule has 0 aliphatic heterocycles. The molecule has 0 heterocycles. The van der Waals surface area contributed by atoms with Crippen LogP contribution in [0, 0.1) is 6.92 Å². The number of amides is 1. The van der Waals surface area contributed by atoms with E-state index >= 15 is 0 Å². The summed E-state index contributed by atoms with van der Waals surface area (Å²) in [6.07, 6.45) is 0.251. The molecule has 1 aliphatic rings. The summed E-state index contributed by atoms with van der Waals surface area (Å²) in [5.41, 5.74) is 5.76. The molecule has 1 N–H and O–H groups in total. The van der Waals surface area contributed by atoms with Crippen molar-refractivity contribution >= 4 is 16.2 Å². The summed E-state index contributed by atoms with van der Waals surface area (Å²) in [6.45, 7) is 9.38. The Balaban J connectivity index is 0.807. The smallest absolute Gasteiger partial charge is 0.407 e. The van der Waals surface area contributed by atoms with Gasteiger partial charge < -0.3 is 47.9 Å². The molecule has 0 atom stereocenters. The zero-order valence-corrected chi connectivity index (χ0v) is 33.2.